The van der Waals surface area contributed by atoms with Gasteiger partial charge >= 0.3 is 0 Å². The Bertz CT molecular complexity index is 347. The van der Waals surface area contributed by atoms with Gasteiger partial charge in [0.05, 0.1) is 13.2 Å². The molecule has 1 heterocycles. The summed E-state index contributed by atoms with van der Waals surface area (Å²) in [5.74, 6) is 0. The minimum atomic E-state index is 0.652. The van der Waals surface area contributed by atoms with Gasteiger partial charge in [-0.3, -0.25) is 0 Å². The summed E-state index contributed by atoms with van der Waals surface area (Å²) < 4.78 is 10.2. The molecular weight excluding hydrogens is 236 g/mol. The fraction of sp³-hybridized carbons (Fsp3) is 0.583. The maximum Gasteiger partial charge on any atom is 0.110 e. The van der Waals surface area contributed by atoms with Crippen molar-refractivity contribution in [2.75, 3.05) is 33.5 Å². The molecule has 0 aliphatic carbocycles. The number of methoxy groups -OCH3 is 1. The fourth-order valence-corrected chi connectivity index (χ4v) is 2.06. The van der Waals surface area contributed by atoms with Gasteiger partial charge in [-0.25, -0.2) is 0 Å². The predicted octanol–water partition coefficient (Wildman–Crippen LogP) is 1.76. The number of ether oxygens (including phenoxy) is 2. The molecule has 0 amide bonds. The Morgan fingerprint density at radius 1 is 1.35 bits per heavy atom. The number of nitriles is 1. The molecule has 0 aliphatic heterocycles. The van der Waals surface area contributed by atoms with Crippen LogP contribution in [0.1, 0.15) is 16.2 Å². The highest BCUT2D eigenvalue weighted by molar-refractivity contribution is 7.12. The zero-order valence-electron chi connectivity index (χ0n) is 10.1. The molecule has 0 aromatic carbocycles. The molecule has 4 nitrogen and oxygen atoms in total. The van der Waals surface area contributed by atoms with E-state index in [0.717, 1.165) is 31.0 Å². The van der Waals surface area contributed by atoms with E-state index < -0.39 is 0 Å². The predicted molar refractivity (Wildman–Crippen MR) is 68.1 cm³/mol. The Kier molecular flexibility index (Phi) is 7.60. The van der Waals surface area contributed by atoms with Crippen molar-refractivity contribution < 1.29 is 9.47 Å². The van der Waals surface area contributed by atoms with Crippen molar-refractivity contribution in [1.82, 2.24) is 5.32 Å². The van der Waals surface area contributed by atoms with Crippen LogP contribution >= 0.6 is 11.3 Å². The zero-order chi connectivity index (χ0) is 12.3. The SMILES string of the molecule is COCCOCCCNCc1ccc(C#N)s1. The molecule has 0 bridgehead atoms. The molecule has 1 aromatic rings. The van der Waals surface area contributed by atoms with Gasteiger partial charge in [0.2, 0.25) is 0 Å². The third kappa shape index (κ3) is 6.39. The molecule has 5 heteroatoms. The van der Waals surface area contributed by atoms with E-state index in [0.29, 0.717) is 13.2 Å². The van der Waals surface area contributed by atoms with Crippen LogP contribution in [0.2, 0.25) is 0 Å². The molecule has 0 unspecified atom stereocenters. The highest BCUT2D eigenvalue weighted by Gasteiger charge is 1.98. The minimum absolute atomic E-state index is 0.652. The van der Waals surface area contributed by atoms with Crippen molar-refractivity contribution in [3.8, 4) is 6.07 Å². The fourth-order valence-electron chi connectivity index (χ4n) is 1.29. The largest absolute Gasteiger partial charge is 0.382 e. The summed E-state index contributed by atoms with van der Waals surface area (Å²) >= 11 is 1.54. The number of thiophene rings is 1. The van der Waals surface area contributed by atoms with Crippen LogP contribution in [0.3, 0.4) is 0 Å². The Morgan fingerprint density at radius 2 is 2.24 bits per heavy atom. The van der Waals surface area contributed by atoms with E-state index in [2.05, 4.69) is 11.4 Å². The molecule has 0 aliphatic rings. The van der Waals surface area contributed by atoms with Crippen LogP contribution in [-0.4, -0.2) is 33.5 Å². The Morgan fingerprint density at radius 3 is 2.94 bits per heavy atom. The normalized spacial score (nSPS) is 10.4. The van der Waals surface area contributed by atoms with Gasteiger partial charge in [-0.1, -0.05) is 0 Å². The maximum absolute atomic E-state index is 8.68. The number of nitrogens with zero attached hydrogens (tertiary/aromatic N) is 1. The van der Waals surface area contributed by atoms with Gasteiger partial charge in [-0.2, -0.15) is 5.26 Å². The van der Waals surface area contributed by atoms with Gasteiger partial charge in [0.25, 0.3) is 0 Å². The Labute approximate surface area is 106 Å². The van der Waals surface area contributed by atoms with E-state index in [4.69, 9.17) is 14.7 Å². The van der Waals surface area contributed by atoms with Gasteiger partial charge < -0.3 is 14.8 Å². The summed E-state index contributed by atoms with van der Waals surface area (Å²) in [6.07, 6.45) is 0.986. The van der Waals surface area contributed by atoms with Crippen molar-refractivity contribution in [2.45, 2.75) is 13.0 Å². The molecule has 0 atom stereocenters. The monoisotopic (exact) mass is 254 g/mol. The zero-order valence-corrected chi connectivity index (χ0v) is 10.9. The highest BCUT2D eigenvalue weighted by Crippen LogP contribution is 2.14. The minimum Gasteiger partial charge on any atom is -0.382 e. The lowest BCUT2D eigenvalue weighted by Gasteiger charge is -2.04. The second-order valence-electron chi connectivity index (χ2n) is 3.51. The number of rotatable bonds is 9. The lowest BCUT2D eigenvalue weighted by atomic mass is 10.4. The highest BCUT2D eigenvalue weighted by atomic mass is 32.1. The molecule has 0 spiro atoms. The van der Waals surface area contributed by atoms with Gasteiger partial charge in [0, 0.05) is 25.1 Å². The van der Waals surface area contributed by atoms with Crippen LogP contribution in [0, 0.1) is 11.3 Å². The van der Waals surface area contributed by atoms with E-state index in [1.165, 1.54) is 16.2 Å². The molecule has 0 saturated heterocycles. The Hall–Kier alpha value is -0.930. The standard InChI is InChI=1S/C12H18N2O2S/c1-15-7-8-16-6-2-5-14-10-12-4-3-11(9-13)17-12/h3-4,14H,2,5-8,10H2,1H3. The first kappa shape index (κ1) is 14.1. The topological polar surface area (TPSA) is 54.3 Å². The van der Waals surface area contributed by atoms with Crippen LogP contribution in [0.25, 0.3) is 0 Å². The molecule has 0 saturated carbocycles. The van der Waals surface area contributed by atoms with E-state index >= 15 is 0 Å². The molecule has 1 N–H and O–H groups in total. The number of nitrogens with one attached hydrogen (secondary N) is 1. The van der Waals surface area contributed by atoms with Crippen LogP contribution in [0.4, 0.5) is 0 Å². The van der Waals surface area contributed by atoms with Crippen LogP contribution in [-0.2, 0) is 16.0 Å². The molecule has 0 radical (unpaired) electrons. The van der Waals surface area contributed by atoms with Crippen molar-refractivity contribution in [1.29, 1.82) is 5.26 Å². The number of hydrogen-bond donors (Lipinski definition) is 1. The lowest BCUT2D eigenvalue weighted by Crippen LogP contribution is -2.16. The van der Waals surface area contributed by atoms with E-state index in [1.54, 1.807) is 7.11 Å². The van der Waals surface area contributed by atoms with E-state index in [-0.39, 0.29) is 0 Å². The number of hydrogen-bond acceptors (Lipinski definition) is 5. The molecule has 1 rings (SSSR count). The average molecular weight is 254 g/mol. The van der Waals surface area contributed by atoms with Crippen molar-refractivity contribution in [2.24, 2.45) is 0 Å². The molecule has 94 valence electrons. The third-order valence-corrected chi connectivity index (χ3v) is 3.13. The third-order valence-electron chi connectivity index (χ3n) is 2.15. The molecule has 0 fully saturated rings. The van der Waals surface area contributed by atoms with Crippen LogP contribution in [0.15, 0.2) is 12.1 Å². The van der Waals surface area contributed by atoms with E-state index in [1.807, 2.05) is 12.1 Å². The second kappa shape index (κ2) is 9.14. The second-order valence-corrected chi connectivity index (χ2v) is 4.68. The van der Waals surface area contributed by atoms with Crippen molar-refractivity contribution in [3.05, 3.63) is 21.9 Å². The molecule has 17 heavy (non-hydrogen) atoms. The van der Waals surface area contributed by atoms with Gasteiger partial charge in [0.1, 0.15) is 10.9 Å². The summed E-state index contributed by atoms with van der Waals surface area (Å²) in [7, 11) is 1.67. The first-order chi connectivity index (χ1) is 8.36. The summed E-state index contributed by atoms with van der Waals surface area (Å²) in [4.78, 5) is 1.96. The Balaban J connectivity index is 1.95. The molecule has 1 aromatic heterocycles. The lowest BCUT2D eigenvalue weighted by molar-refractivity contribution is 0.0695. The quantitative estimate of drug-likeness (QED) is 0.682. The van der Waals surface area contributed by atoms with Crippen LogP contribution < -0.4 is 5.32 Å². The average Bonchev–Trinajstić information content (AvgIpc) is 2.80. The summed E-state index contributed by atoms with van der Waals surface area (Å²) in [5.41, 5.74) is 0. The molecular formula is C12H18N2O2S. The summed E-state index contributed by atoms with van der Waals surface area (Å²) in [6.45, 7) is 3.81. The summed E-state index contributed by atoms with van der Waals surface area (Å²) in [5, 5.41) is 12.0. The van der Waals surface area contributed by atoms with Crippen LogP contribution in [0.5, 0.6) is 0 Å². The van der Waals surface area contributed by atoms with Gasteiger partial charge in [0.15, 0.2) is 0 Å². The first-order valence-corrected chi connectivity index (χ1v) is 6.44. The maximum atomic E-state index is 8.68. The van der Waals surface area contributed by atoms with Gasteiger partial charge in [-0.05, 0) is 25.1 Å². The van der Waals surface area contributed by atoms with Crippen molar-refractivity contribution >= 4 is 11.3 Å². The first-order valence-electron chi connectivity index (χ1n) is 5.63. The van der Waals surface area contributed by atoms with Crippen molar-refractivity contribution in [3.63, 3.8) is 0 Å². The summed E-state index contributed by atoms with van der Waals surface area (Å²) in [6, 6.07) is 5.98. The smallest absolute Gasteiger partial charge is 0.110 e. The van der Waals surface area contributed by atoms with Gasteiger partial charge in [-0.15, -0.1) is 11.3 Å². The van der Waals surface area contributed by atoms with E-state index in [9.17, 15) is 0 Å².